The summed E-state index contributed by atoms with van der Waals surface area (Å²) in [6.07, 6.45) is 3.43. The van der Waals surface area contributed by atoms with E-state index in [1.807, 2.05) is 24.3 Å². The summed E-state index contributed by atoms with van der Waals surface area (Å²) in [5, 5.41) is 0. The standard InChI is InChI=1S/C23H16FIN2O3S2/c1-29-19-11-14(10-17(25)21(19)30-13-15-6-4-5-9-26-15)12-20-22(28)27(23(31)32-20)18-8-3-2-7-16(18)24/h2-12H,13H2,1H3/b20-12+. The summed E-state index contributed by atoms with van der Waals surface area (Å²) in [6.45, 7) is 0.299. The van der Waals surface area contributed by atoms with Crippen LogP contribution in [-0.2, 0) is 11.4 Å². The summed E-state index contributed by atoms with van der Waals surface area (Å²) in [4.78, 5) is 18.8. The van der Waals surface area contributed by atoms with Crippen LogP contribution >= 0.6 is 46.6 Å². The third-order valence-corrected chi connectivity index (χ3v) is 6.63. The van der Waals surface area contributed by atoms with Gasteiger partial charge in [0, 0.05) is 6.20 Å². The van der Waals surface area contributed by atoms with Crippen molar-refractivity contribution in [1.29, 1.82) is 0 Å². The maximum atomic E-state index is 14.2. The van der Waals surface area contributed by atoms with E-state index in [0.717, 1.165) is 26.6 Å². The zero-order chi connectivity index (χ0) is 22.7. The van der Waals surface area contributed by atoms with E-state index in [1.54, 1.807) is 37.6 Å². The molecule has 1 aliphatic heterocycles. The van der Waals surface area contributed by atoms with Gasteiger partial charge in [-0.1, -0.05) is 42.2 Å². The highest BCUT2D eigenvalue weighted by molar-refractivity contribution is 14.1. The summed E-state index contributed by atoms with van der Waals surface area (Å²) >= 11 is 8.63. The fourth-order valence-electron chi connectivity index (χ4n) is 3.05. The van der Waals surface area contributed by atoms with Crippen molar-refractivity contribution < 1.29 is 18.7 Å². The van der Waals surface area contributed by atoms with Crippen LogP contribution in [0.1, 0.15) is 11.3 Å². The molecule has 1 saturated heterocycles. The predicted molar refractivity (Wildman–Crippen MR) is 136 cm³/mol. The van der Waals surface area contributed by atoms with Gasteiger partial charge in [0.1, 0.15) is 12.4 Å². The molecule has 0 bridgehead atoms. The van der Waals surface area contributed by atoms with Crippen LogP contribution in [0, 0.1) is 9.39 Å². The molecule has 9 heteroatoms. The van der Waals surface area contributed by atoms with Crippen LogP contribution in [-0.4, -0.2) is 22.3 Å². The van der Waals surface area contributed by atoms with Gasteiger partial charge in [-0.25, -0.2) is 4.39 Å². The molecular weight excluding hydrogens is 562 g/mol. The maximum absolute atomic E-state index is 14.2. The topological polar surface area (TPSA) is 51.7 Å². The highest BCUT2D eigenvalue weighted by Gasteiger charge is 2.34. The van der Waals surface area contributed by atoms with Crippen molar-refractivity contribution >= 4 is 68.6 Å². The largest absolute Gasteiger partial charge is 0.493 e. The molecule has 0 radical (unpaired) electrons. The van der Waals surface area contributed by atoms with E-state index < -0.39 is 5.82 Å². The molecule has 0 aliphatic carbocycles. The first-order valence-electron chi connectivity index (χ1n) is 9.40. The second-order valence-corrected chi connectivity index (χ2v) is 9.45. The number of anilines is 1. The molecule has 0 unspecified atom stereocenters. The Morgan fingerprint density at radius 2 is 2.00 bits per heavy atom. The maximum Gasteiger partial charge on any atom is 0.270 e. The van der Waals surface area contributed by atoms with Crippen LogP contribution in [0.3, 0.4) is 0 Å². The Morgan fingerprint density at radius 1 is 1.22 bits per heavy atom. The molecule has 1 amide bonds. The van der Waals surface area contributed by atoms with Gasteiger partial charge in [-0.05, 0) is 70.6 Å². The summed E-state index contributed by atoms with van der Waals surface area (Å²) in [6, 6.07) is 15.3. The second kappa shape index (κ2) is 9.97. The number of hydrogen-bond donors (Lipinski definition) is 0. The van der Waals surface area contributed by atoms with Gasteiger partial charge in [-0.2, -0.15) is 0 Å². The first-order chi connectivity index (χ1) is 15.5. The first-order valence-corrected chi connectivity index (χ1v) is 11.7. The van der Waals surface area contributed by atoms with Crippen LogP contribution in [0.15, 0.2) is 65.7 Å². The molecule has 0 saturated carbocycles. The number of carbonyl (C=O) groups excluding carboxylic acids is 1. The van der Waals surface area contributed by atoms with Gasteiger partial charge in [-0.15, -0.1) is 0 Å². The fraction of sp³-hybridized carbons (Fsp3) is 0.0870. The number of thioether (sulfide) groups is 1. The van der Waals surface area contributed by atoms with Gasteiger partial charge >= 0.3 is 0 Å². The molecule has 1 aliphatic rings. The molecule has 0 spiro atoms. The van der Waals surface area contributed by atoms with Gasteiger partial charge in [0.05, 0.1) is 27.0 Å². The number of thiocarbonyl (C=S) groups is 1. The number of halogens is 2. The molecule has 2 aromatic carbocycles. The van der Waals surface area contributed by atoms with Crippen molar-refractivity contribution in [3.8, 4) is 11.5 Å². The minimum absolute atomic E-state index is 0.142. The van der Waals surface area contributed by atoms with Crippen LogP contribution in [0.5, 0.6) is 11.5 Å². The van der Waals surface area contributed by atoms with E-state index in [1.165, 1.54) is 17.0 Å². The van der Waals surface area contributed by atoms with Crippen molar-refractivity contribution in [3.63, 3.8) is 0 Å². The second-order valence-electron chi connectivity index (χ2n) is 6.61. The predicted octanol–water partition coefficient (Wildman–Crippen LogP) is 5.82. The number of pyridine rings is 1. The van der Waals surface area contributed by atoms with Gasteiger partial charge < -0.3 is 9.47 Å². The molecule has 1 fully saturated rings. The lowest BCUT2D eigenvalue weighted by Gasteiger charge is -2.15. The van der Waals surface area contributed by atoms with Crippen molar-refractivity contribution in [2.75, 3.05) is 12.0 Å². The van der Waals surface area contributed by atoms with Gasteiger partial charge in [0.2, 0.25) is 0 Å². The summed E-state index contributed by atoms with van der Waals surface area (Å²) in [7, 11) is 1.56. The van der Waals surface area contributed by atoms with E-state index in [-0.39, 0.29) is 15.9 Å². The number of methoxy groups -OCH3 is 1. The summed E-state index contributed by atoms with van der Waals surface area (Å²) < 4.78 is 26.8. The Kier molecular flexibility index (Phi) is 7.07. The number of hydrogen-bond acceptors (Lipinski definition) is 6. The van der Waals surface area contributed by atoms with E-state index in [2.05, 4.69) is 27.6 Å². The lowest BCUT2D eigenvalue weighted by molar-refractivity contribution is -0.113. The Bertz CT molecular complexity index is 1220. The highest BCUT2D eigenvalue weighted by atomic mass is 127. The summed E-state index contributed by atoms with van der Waals surface area (Å²) in [5.74, 6) is 0.253. The molecule has 1 aromatic heterocycles. The number of aromatic nitrogens is 1. The van der Waals surface area contributed by atoms with Crippen LogP contribution in [0.2, 0.25) is 0 Å². The van der Waals surface area contributed by atoms with Crippen LogP contribution in [0.25, 0.3) is 6.08 Å². The monoisotopic (exact) mass is 578 g/mol. The van der Waals surface area contributed by atoms with Gasteiger partial charge in [0.15, 0.2) is 15.8 Å². The van der Waals surface area contributed by atoms with Crippen LogP contribution in [0.4, 0.5) is 10.1 Å². The molecule has 2 heterocycles. The lowest BCUT2D eigenvalue weighted by Crippen LogP contribution is -2.28. The average molecular weight is 578 g/mol. The van der Waals surface area contributed by atoms with Crippen LogP contribution < -0.4 is 14.4 Å². The van der Waals surface area contributed by atoms with Crippen molar-refractivity contribution in [2.24, 2.45) is 0 Å². The van der Waals surface area contributed by atoms with Crippen molar-refractivity contribution in [2.45, 2.75) is 6.61 Å². The number of ether oxygens (including phenoxy) is 2. The minimum atomic E-state index is -0.504. The van der Waals surface area contributed by atoms with E-state index in [0.29, 0.717) is 23.0 Å². The quantitative estimate of drug-likeness (QED) is 0.209. The normalized spacial score (nSPS) is 14.8. The smallest absolute Gasteiger partial charge is 0.270 e. The minimum Gasteiger partial charge on any atom is -0.493 e. The Labute approximate surface area is 207 Å². The number of amides is 1. The molecule has 0 N–H and O–H groups in total. The molecular formula is C23H16FIN2O3S2. The van der Waals surface area contributed by atoms with E-state index in [4.69, 9.17) is 21.7 Å². The highest BCUT2D eigenvalue weighted by Crippen LogP contribution is 2.39. The van der Waals surface area contributed by atoms with Gasteiger partial charge in [-0.3, -0.25) is 14.7 Å². The Morgan fingerprint density at radius 3 is 2.72 bits per heavy atom. The zero-order valence-electron chi connectivity index (χ0n) is 16.7. The molecule has 5 nitrogen and oxygen atoms in total. The molecule has 4 rings (SSSR count). The fourth-order valence-corrected chi connectivity index (χ4v) is 5.12. The Balaban J connectivity index is 1.60. The number of para-hydroxylation sites is 1. The summed E-state index contributed by atoms with van der Waals surface area (Å²) in [5.41, 5.74) is 1.68. The SMILES string of the molecule is COc1cc(/C=C2/SC(=S)N(c3ccccc3F)C2=O)cc(I)c1OCc1ccccn1. The third kappa shape index (κ3) is 4.79. The van der Waals surface area contributed by atoms with Gasteiger partial charge in [0.25, 0.3) is 5.91 Å². The van der Waals surface area contributed by atoms with Crippen molar-refractivity contribution in [1.82, 2.24) is 4.98 Å². The molecule has 3 aromatic rings. The number of rotatable bonds is 6. The first kappa shape index (κ1) is 22.7. The van der Waals surface area contributed by atoms with Crippen molar-refractivity contribution in [3.05, 3.63) is 86.3 Å². The average Bonchev–Trinajstić information content (AvgIpc) is 3.06. The van der Waals surface area contributed by atoms with E-state index >= 15 is 0 Å². The third-order valence-electron chi connectivity index (χ3n) is 4.53. The lowest BCUT2D eigenvalue weighted by atomic mass is 10.1. The number of carbonyl (C=O) groups is 1. The van der Waals surface area contributed by atoms with E-state index in [9.17, 15) is 9.18 Å². The number of nitrogens with zero attached hydrogens (tertiary/aromatic N) is 2. The molecule has 32 heavy (non-hydrogen) atoms. The number of benzene rings is 2. The molecule has 0 atom stereocenters. The molecule has 162 valence electrons. The zero-order valence-corrected chi connectivity index (χ0v) is 20.5. The Hall–Kier alpha value is -2.50.